The minimum atomic E-state index is -0.909. The topological polar surface area (TPSA) is 72.2 Å². The van der Waals surface area contributed by atoms with Crippen molar-refractivity contribution >= 4 is 38.1 Å². The molecule has 0 bridgehead atoms. The van der Waals surface area contributed by atoms with E-state index in [2.05, 4.69) is 21.2 Å². The summed E-state index contributed by atoms with van der Waals surface area (Å²) in [6, 6.07) is 2.12. The van der Waals surface area contributed by atoms with Crippen LogP contribution in [0, 0.1) is 15.9 Å². The van der Waals surface area contributed by atoms with Gasteiger partial charge in [-0.3, -0.25) is 14.3 Å². The Labute approximate surface area is 121 Å². The molecule has 0 heterocycles. The molecule has 8 heteroatoms. The number of hydrogen-bond donors (Lipinski definition) is 1. The highest BCUT2D eigenvalue weighted by Crippen LogP contribution is 2.31. The van der Waals surface area contributed by atoms with Gasteiger partial charge in [-0.15, -0.1) is 0 Å². The van der Waals surface area contributed by atoms with E-state index in [0.29, 0.717) is 12.2 Å². The average molecular weight is 353 g/mol. The van der Waals surface area contributed by atoms with Gasteiger partial charge in [-0.1, -0.05) is 0 Å². The van der Waals surface area contributed by atoms with Gasteiger partial charge in [0, 0.05) is 28.9 Å². The minimum absolute atomic E-state index is 0.0973. The molecule has 1 aromatic carbocycles. The number of nitro groups is 1. The van der Waals surface area contributed by atoms with Crippen LogP contribution in [-0.4, -0.2) is 27.2 Å². The molecule has 5 nitrogen and oxygen atoms in total. The molecule has 2 atom stereocenters. The number of benzene rings is 1. The molecule has 0 radical (unpaired) electrons. The summed E-state index contributed by atoms with van der Waals surface area (Å²) in [7, 11) is -0.909. The zero-order valence-corrected chi connectivity index (χ0v) is 12.9. The van der Waals surface area contributed by atoms with E-state index < -0.39 is 21.5 Å². The Morgan fingerprint density at radius 2 is 2.21 bits per heavy atom. The molecule has 0 spiro atoms. The van der Waals surface area contributed by atoms with Crippen LogP contribution in [0.15, 0.2) is 16.6 Å². The third-order valence-corrected chi connectivity index (χ3v) is 3.89. The second kappa shape index (κ2) is 6.95. The van der Waals surface area contributed by atoms with E-state index in [9.17, 15) is 18.7 Å². The van der Waals surface area contributed by atoms with Crippen molar-refractivity contribution in [2.75, 3.05) is 17.3 Å². The Hall–Kier alpha value is -1.02. The summed E-state index contributed by atoms with van der Waals surface area (Å²) in [4.78, 5) is 10.2. The largest absolute Gasteiger partial charge is 0.377 e. The van der Waals surface area contributed by atoms with Crippen LogP contribution in [0.3, 0.4) is 0 Å². The fourth-order valence-electron chi connectivity index (χ4n) is 1.48. The SMILES string of the molecule is CC(CCS(C)=O)Nc1cc(Br)c(F)cc1[N+](=O)[O-]. The van der Waals surface area contributed by atoms with Crippen molar-refractivity contribution in [1.29, 1.82) is 0 Å². The van der Waals surface area contributed by atoms with E-state index in [4.69, 9.17) is 0 Å². The van der Waals surface area contributed by atoms with Crippen molar-refractivity contribution in [2.24, 2.45) is 0 Å². The van der Waals surface area contributed by atoms with Crippen LogP contribution < -0.4 is 5.32 Å². The van der Waals surface area contributed by atoms with Crippen LogP contribution in [-0.2, 0) is 10.8 Å². The molecule has 0 aromatic heterocycles. The molecule has 106 valence electrons. The maximum Gasteiger partial charge on any atom is 0.295 e. The van der Waals surface area contributed by atoms with E-state index >= 15 is 0 Å². The molecule has 1 aromatic rings. The Bertz CT molecular complexity index is 513. The smallest absolute Gasteiger partial charge is 0.295 e. The first-order valence-electron chi connectivity index (χ1n) is 5.51. The lowest BCUT2D eigenvalue weighted by atomic mass is 10.2. The monoisotopic (exact) mass is 352 g/mol. The van der Waals surface area contributed by atoms with Gasteiger partial charge in [0.2, 0.25) is 0 Å². The standard InChI is InChI=1S/C11H14BrFN2O3S/c1-7(3-4-19(2)18)14-10-5-8(12)9(13)6-11(10)15(16)17/h5-7,14H,3-4H2,1-2H3. The van der Waals surface area contributed by atoms with Gasteiger partial charge in [-0.2, -0.15) is 0 Å². The number of halogens is 2. The molecule has 2 unspecified atom stereocenters. The van der Waals surface area contributed by atoms with E-state index in [1.54, 1.807) is 6.26 Å². The number of nitro benzene ring substituents is 1. The molecule has 19 heavy (non-hydrogen) atoms. The molecule has 0 aliphatic carbocycles. The van der Waals surface area contributed by atoms with Gasteiger partial charge in [0.15, 0.2) is 0 Å². The van der Waals surface area contributed by atoms with Gasteiger partial charge in [0.25, 0.3) is 5.69 Å². The summed E-state index contributed by atoms with van der Waals surface area (Å²) in [5, 5.41) is 13.8. The fourth-order valence-corrected chi connectivity index (χ4v) is 2.51. The third-order valence-electron chi connectivity index (χ3n) is 2.48. The van der Waals surface area contributed by atoms with Crippen LogP contribution >= 0.6 is 15.9 Å². The highest BCUT2D eigenvalue weighted by molar-refractivity contribution is 9.10. The maximum atomic E-state index is 13.3. The van der Waals surface area contributed by atoms with E-state index in [1.165, 1.54) is 6.07 Å². The van der Waals surface area contributed by atoms with E-state index in [-0.39, 0.29) is 21.9 Å². The molecular formula is C11H14BrFN2O3S. The first-order chi connectivity index (χ1) is 8.81. The fraction of sp³-hybridized carbons (Fsp3) is 0.455. The second-order valence-electron chi connectivity index (χ2n) is 4.15. The summed E-state index contributed by atoms with van der Waals surface area (Å²) in [5.41, 5.74) is -0.0715. The van der Waals surface area contributed by atoms with Crippen molar-refractivity contribution in [3.8, 4) is 0 Å². The summed E-state index contributed by atoms with van der Waals surface area (Å²) >= 11 is 3.00. The summed E-state index contributed by atoms with van der Waals surface area (Å²) in [6.07, 6.45) is 2.21. The third kappa shape index (κ3) is 4.87. The predicted octanol–water partition coefficient (Wildman–Crippen LogP) is 3.07. The van der Waals surface area contributed by atoms with Crippen molar-refractivity contribution in [3.05, 3.63) is 32.5 Å². The lowest BCUT2D eigenvalue weighted by Crippen LogP contribution is -2.18. The molecule has 0 fully saturated rings. The van der Waals surface area contributed by atoms with Gasteiger partial charge in [-0.25, -0.2) is 4.39 Å². The van der Waals surface area contributed by atoms with Gasteiger partial charge in [0.1, 0.15) is 11.5 Å². The normalized spacial score (nSPS) is 13.9. The van der Waals surface area contributed by atoms with Crippen LogP contribution in [0.25, 0.3) is 0 Å². The minimum Gasteiger partial charge on any atom is -0.377 e. The lowest BCUT2D eigenvalue weighted by Gasteiger charge is -2.15. The summed E-state index contributed by atoms with van der Waals surface area (Å²) in [6.45, 7) is 1.83. The van der Waals surface area contributed by atoms with Crippen molar-refractivity contribution in [3.63, 3.8) is 0 Å². The molecule has 0 aliphatic rings. The molecule has 0 saturated carbocycles. The summed E-state index contributed by atoms with van der Waals surface area (Å²) < 4.78 is 24.4. The van der Waals surface area contributed by atoms with E-state index in [0.717, 1.165) is 6.07 Å². The van der Waals surface area contributed by atoms with Crippen LogP contribution in [0.4, 0.5) is 15.8 Å². The van der Waals surface area contributed by atoms with Crippen LogP contribution in [0.5, 0.6) is 0 Å². The van der Waals surface area contributed by atoms with Gasteiger partial charge in [-0.05, 0) is 35.3 Å². The highest BCUT2D eigenvalue weighted by Gasteiger charge is 2.19. The highest BCUT2D eigenvalue weighted by atomic mass is 79.9. The number of hydrogen-bond acceptors (Lipinski definition) is 4. The zero-order valence-electron chi connectivity index (χ0n) is 10.5. The lowest BCUT2D eigenvalue weighted by molar-refractivity contribution is -0.384. The molecular weight excluding hydrogens is 339 g/mol. The molecule has 0 saturated heterocycles. The average Bonchev–Trinajstić information content (AvgIpc) is 2.30. The molecule has 1 N–H and O–H groups in total. The Kier molecular flexibility index (Phi) is 5.86. The second-order valence-corrected chi connectivity index (χ2v) is 6.56. The number of nitrogens with one attached hydrogen (secondary N) is 1. The number of nitrogens with zero attached hydrogens (tertiary/aromatic N) is 1. The maximum absolute atomic E-state index is 13.3. The Morgan fingerprint density at radius 1 is 1.58 bits per heavy atom. The Balaban J connectivity index is 2.90. The molecule has 0 aliphatic heterocycles. The first kappa shape index (κ1) is 16.0. The van der Waals surface area contributed by atoms with Crippen LogP contribution in [0.2, 0.25) is 0 Å². The van der Waals surface area contributed by atoms with Crippen molar-refractivity contribution in [1.82, 2.24) is 0 Å². The van der Waals surface area contributed by atoms with Crippen LogP contribution in [0.1, 0.15) is 13.3 Å². The molecule has 1 rings (SSSR count). The van der Waals surface area contributed by atoms with Gasteiger partial charge in [0.05, 0.1) is 15.5 Å². The predicted molar refractivity (Wildman–Crippen MR) is 77.4 cm³/mol. The van der Waals surface area contributed by atoms with Gasteiger partial charge < -0.3 is 5.32 Å². The van der Waals surface area contributed by atoms with E-state index in [1.807, 2.05) is 6.92 Å². The Morgan fingerprint density at radius 3 is 2.74 bits per heavy atom. The zero-order chi connectivity index (χ0) is 14.6. The van der Waals surface area contributed by atoms with Gasteiger partial charge >= 0.3 is 0 Å². The molecule has 0 amide bonds. The quantitative estimate of drug-likeness (QED) is 0.630. The first-order valence-corrected chi connectivity index (χ1v) is 8.03. The van der Waals surface area contributed by atoms with Crippen molar-refractivity contribution in [2.45, 2.75) is 19.4 Å². The number of rotatable bonds is 6. The number of anilines is 1. The van der Waals surface area contributed by atoms with Crippen molar-refractivity contribution < 1.29 is 13.5 Å². The summed E-state index contributed by atoms with van der Waals surface area (Å²) in [5.74, 6) is -0.177.